The van der Waals surface area contributed by atoms with E-state index in [9.17, 15) is 0 Å². The van der Waals surface area contributed by atoms with E-state index in [0.29, 0.717) is 0 Å². The molecule has 0 spiro atoms. The molecule has 0 aliphatic heterocycles. The molecule has 0 saturated carbocycles. The van der Waals surface area contributed by atoms with E-state index in [1.54, 1.807) is 0 Å². The van der Waals surface area contributed by atoms with Gasteiger partial charge in [-0.1, -0.05) is 0 Å². The Morgan fingerprint density at radius 2 is 0.846 bits per heavy atom. The van der Waals surface area contributed by atoms with Crippen molar-refractivity contribution >= 4 is 21.0 Å². The fourth-order valence-corrected chi connectivity index (χ4v) is 4.43. The van der Waals surface area contributed by atoms with E-state index in [-0.39, 0.29) is 18.3 Å². The Kier molecular flexibility index (Phi) is 7.40. The van der Waals surface area contributed by atoms with Crippen molar-refractivity contribution in [3.63, 3.8) is 0 Å². The second-order valence-corrected chi connectivity index (χ2v) is 7.20. The van der Waals surface area contributed by atoms with E-state index in [1.807, 2.05) is 41.5 Å². The molecular formula is C9H21O3Sn. The summed E-state index contributed by atoms with van der Waals surface area (Å²) in [6.45, 7) is 12.0. The third-order valence-corrected chi connectivity index (χ3v) is 6.68. The van der Waals surface area contributed by atoms with Gasteiger partial charge >= 0.3 is 90.1 Å². The summed E-state index contributed by atoms with van der Waals surface area (Å²) < 4.78 is 16.9. The Hall–Kier alpha value is 0.679. The van der Waals surface area contributed by atoms with Gasteiger partial charge in [-0.3, -0.25) is 0 Å². The second-order valence-electron chi connectivity index (χ2n) is 3.75. The third kappa shape index (κ3) is 8.99. The summed E-state index contributed by atoms with van der Waals surface area (Å²) in [4.78, 5) is 0. The maximum absolute atomic E-state index is 5.62. The number of rotatable bonds is 6. The summed E-state index contributed by atoms with van der Waals surface area (Å²) in [7, 11) is 0. The molecule has 13 heavy (non-hydrogen) atoms. The van der Waals surface area contributed by atoms with Gasteiger partial charge in [-0.2, -0.15) is 0 Å². The molecule has 1 radical (unpaired) electrons. The van der Waals surface area contributed by atoms with Gasteiger partial charge in [0.05, 0.1) is 0 Å². The fraction of sp³-hybridized carbons (Fsp3) is 1.00. The molecule has 0 aromatic rings. The van der Waals surface area contributed by atoms with Crippen LogP contribution in [0, 0.1) is 0 Å². The molecule has 0 unspecified atom stereocenters. The van der Waals surface area contributed by atoms with E-state index in [1.165, 1.54) is 0 Å². The van der Waals surface area contributed by atoms with Crippen molar-refractivity contribution in [1.82, 2.24) is 0 Å². The predicted molar refractivity (Wildman–Crippen MR) is 54.4 cm³/mol. The van der Waals surface area contributed by atoms with Crippen molar-refractivity contribution < 1.29 is 9.22 Å². The number of hydrogen-bond acceptors (Lipinski definition) is 3. The van der Waals surface area contributed by atoms with Gasteiger partial charge in [0, 0.05) is 0 Å². The minimum absolute atomic E-state index is 0.201. The van der Waals surface area contributed by atoms with E-state index < -0.39 is 21.0 Å². The van der Waals surface area contributed by atoms with Gasteiger partial charge in [0.15, 0.2) is 0 Å². The molecule has 0 fully saturated rings. The summed E-state index contributed by atoms with van der Waals surface area (Å²) in [5.41, 5.74) is 0. The first-order valence-electron chi connectivity index (χ1n) is 4.78. The first-order valence-corrected chi connectivity index (χ1v) is 8.28. The van der Waals surface area contributed by atoms with Crippen LogP contribution in [0.4, 0.5) is 0 Å². The molecule has 4 heteroatoms. The normalized spacial score (nSPS) is 12.5. The molecule has 0 N–H and O–H groups in total. The second kappa shape index (κ2) is 7.03. The Morgan fingerprint density at radius 1 is 0.615 bits per heavy atom. The summed E-state index contributed by atoms with van der Waals surface area (Å²) in [6.07, 6.45) is 0.602. The van der Waals surface area contributed by atoms with Gasteiger partial charge in [0.1, 0.15) is 0 Å². The first-order chi connectivity index (χ1) is 5.91. The van der Waals surface area contributed by atoms with E-state index in [2.05, 4.69) is 0 Å². The van der Waals surface area contributed by atoms with Crippen molar-refractivity contribution in [3.05, 3.63) is 0 Å². The third-order valence-electron chi connectivity index (χ3n) is 0.996. The zero-order valence-electron chi connectivity index (χ0n) is 9.46. The van der Waals surface area contributed by atoms with Crippen molar-refractivity contribution in [2.24, 2.45) is 0 Å². The fourth-order valence-electron chi connectivity index (χ4n) is 0.661. The molecule has 0 rings (SSSR count). The first kappa shape index (κ1) is 13.7. The van der Waals surface area contributed by atoms with Crippen molar-refractivity contribution in [1.29, 1.82) is 0 Å². The average molecular weight is 296 g/mol. The SMILES string of the molecule is CC(C)[O][Sn]([O]C(C)C)[O]C(C)C. The summed E-state index contributed by atoms with van der Waals surface area (Å²) in [5, 5.41) is 0. The molecule has 0 aliphatic rings. The quantitative estimate of drug-likeness (QED) is 0.704. The van der Waals surface area contributed by atoms with Crippen LogP contribution in [-0.2, 0) is 9.22 Å². The number of hydrogen-bond donors (Lipinski definition) is 0. The molecule has 0 heterocycles. The van der Waals surface area contributed by atoms with Crippen molar-refractivity contribution in [3.8, 4) is 0 Å². The van der Waals surface area contributed by atoms with Crippen LogP contribution in [0.15, 0.2) is 0 Å². The molecule has 0 bridgehead atoms. The van der Waals surface area contributed by atoms with Crippen LogP contribution in [-0.4, -0.2) is 39.3 Å². The van der Waals surface area contributed by atoms with E-state index >= 15 is 0 Å². The van der Waals surface area contributed by atoms with Crippen LogP contribution in [0.2, 0.25) is 0 Å². The Bertz CT molecular complexity index is 102. The molecule has 0 amide bonds. The molecule has 79 valence electrons. The maximum atomic E-state index is 5.62. The molecule has 3 nitrogen and oxygen atoms in total. The van der Waals surface area contributed by atoms with Gasteiger partial charge in [0.25, 0.3) is 0 Å². The molecule has 0 aromatic carbocycles. The molecular weight excluding hydrogens is 275 g/mol. The van der Waals surface area contributed by atoms with Crippen LogP contribution in [0.25, 0.3) is 0 Å². The summed E-state index contributed by atoms with van der Waals surface area (Å²) >= 11 is -2.48. The van der Waals surface area contributed by atoms with Gasteiger partial charge in [-0.25, -0.2) is 0 Å². The summed E-state index contributed by atoms with van der Waals surface area (Å²) in [5.74, 6) is 0. The summed E-state index contributed by atoms with van der Waals surface area (Å²) in [6, 6.07) is 0. The van der Waals surface area contributed by atoms with Crippen molar-refractivity contribution in [2.75, 3.05) is 0 Å². The van der Waals surface area contributed by atoms with Crippen LogP contribution < -0.4 is 0 Å². The van der Waals surface area contributed by atoms with Crippen LogP contribution in [0.5, 0.6) is 0 Å². The minimum atomic E-state index is -2.48. The Morgan fingerprint density at radius 3 is 1.00 bits per heavy atom. The molecule has 0 saturated heterocycles. The van der Waals surface area contributed by atoms with Crippen LogP contribution in [0.1, 0.15) is 41.5 Å². The average Bonchev–Trinajstić information content (AvgIpc) is 1.80. The van der Waals surface area contributed by atoms with E-state index in [4.69, 9.17) is 9.22 Å². The molecule has 0 atom stereocenters. The van der Waals surface area contributed by atoms with Gasteiger partial charge in [-0.15, -0.1) is 0 Å². The standard InChI is InChI=1S/3C3H7O.Sn/c3*1-3(2)4;/h3*3H,1-2H3;/q3*-1;+3. The predicted octanol–water partition coefficient (Wildman–Crippen LogP) is 2.25. The van der Waals surface area contributed by atoms with E-state index in [0.717, 1.165) is 0 Å². The van der Waals surface area contributed by atoms with Gasteiger partial charge < -0.3 is 0 Å². The van der Waals surface area contributed by atoms with Gasteiger partial charge in [0.2, 0.25) is 0 Å². The van der Waals surface area contributed by atoms with Gasteiger partial charge in [-0.05, 0) is 0 Å². The zero-order chi connectivity index (χ0) is 10.4. The zero-order valence-corrected chi connectivity index (χ0v) is 12.3. The molecule has 0 aliphatic carbocycles. The topological polar surface area (TPSA) is 27.7 Å². The monoisotopic (exact) mass is 297 g/mol. The van der Waals surface area contributed by atoms with Crippen LogP contribution in [0.3, 0.4) is 0 Å². The Labute approximate surface area is 90.1 Å². The van der Waals surface area contributed by atoms with Crippen LogP contribution >= 0.6 is 0 Å². The van der Waals surface area contributed by atoms with Crippen molar-refractivity contribution in [2.45, 2.75) is 59.9 Å². The molecule has 0 aromatic heterocycles. The Balaban J connectivity index is 3.87.